The topological polar surface area (TPSA) is 54.5 Å². The Balaban J connectivity index is 1.94. The lowest BCUT2D eigenvalue weighted by Crippen LogP contribution is -2.49. The molecule has 3 rings (SSSR count). The fourth-order valence-electron chi connectivity index (χ4n) is 3.55. The third-order valence-corrected chi connectivity index (χ3v) is 6.68. The van der Waals surface area contributed by atoms with Crippen molar-refractivity contribution in [2.45, 2.75) is 25.7 Å². The van der Waals surface area contributed by atoms with Crippen molar-refractivity contribution in [1.82, 2.24) is 4.90 Å². The highest BCUT2D eigenvalue weighted by atomic mass is 32.2. The first-order valence-corrected chi connectivity index (χ1v) is 9.27. The Morgan fingerprint density at radius 1 is 1.18 bits per heavy atom. The van der Waals surface area contributed by atoms with Crippen LogP contribution in [0.4, 0.5) is 4.39 Å². The van der Waals surface area contributed by atoms with E-state index in [1.54, 1.807) is 23.1 Å². The Hall–Kier alpha value is -1.43. The summed E-state index contributed by atoms with van der Waals surface area (Å²) in [5.41, 5.74) is -0.749. The van der Waals surface area contributed by atoms with Crippen molar-refractivity contribution in [2.24, 2.45) is 5.41 Å². The molecule has 1 unspecified atom stereocenters. The predicted molar refractivity (Wildman–Crippen MR) is 81.7 cm³/mol. The molecular weight excluding hydrogens is 305 g/mol. The van der Waals surface area contributed by atoms with Crippen LogP contribution in [-0.2, 0) is 20.0 Å². The second-order valence-electron chi connectivity index (χ2n) is 6.89. The number of rotatable bonds is 2. The fourth-order valence-corrected chi connectivity index (χ4v) is 4.75. The molecule has 0 aromatic heterocycles. The Bertz CT molecular complexity index is 715. The molecule has 1 heterocycles. The highest BCUT2D eigenvalue weighted by Crippen LogP contribution is 2.65. The van der Waals surface area contributed by atoms with E-state index in [0.29, 0.717) is 12.0 Å². The third-order valence-electron chi connectivity index (χ3n) is 5.07. The zero-order valence-corrected chi connectivity index (χ0v) is 13.6. The van der Waals surface area contributed by atoms with E-state index in [1.165, 1.54) is 6.07 Å². The van der Waals surface area contributed by atoms with Gasteiger partial charge in [-0.3, -0.25) is 4.79 Å². The van der Waals surface area contributed by atoms with Gasteiger partial charge in [-0.05, 0) is 17.9 Å². The van der Waals surface area contributed by atoms with Gasteiger partial charge in [-0.1, -0.05) is 32.0 Å². The van der Waals surface area contributed by atoms with Crippen LogP contribution in [-0.4, -0.2) is 43.8 Å². The lowest BCUT2D eigenvalue weighted by molar-refractivity contribution is -0.134. The molecule has 0 N–H and O–H groups in total. The van der Waals surface area contributed by atoms with Gasteiger partial charge in [0.15, 0.2) is 9.84 Å². The summed E-state index contributed by atoms with van der Waals surface area (Å²) in [5, 5.41) is 0. The fraction of sp³-hybridized carbons (Fsp3) is 0.562. The number of hydrogen-bond donors (Lipinski definition) is 0. The zero-order chi connectivity index (χ0) is 16.2. The van der Waals surface area contributed by atoms with Gasteiger partial charge in [0.1, 0.15) is 5.82 Å². The van der Waals surface area contributed by atoms with Crippen molar-refractivity contribution >= 4 is 15.7 Å². The molecule has 1 saturated heterocycles. The van der Waals surface area contributed by atoms with Crippen LogP contribution in [0.1, 0.15) is 25.8 Å². The van der Waals surface area contributed by atoms with Gasteiger partial charge in [-0.2, -0.15) is 0 Å². The average molecular weight is 325 g/mol. The van der Waals surface area contributed by atoms with Gasteiger partial charge in [-0.25, -0.2) is 12.8 Å². The molecule has 1 aliphatic carbocycles. The number of amides is 1. The molecular formula is C16H20FNO3S. The number of benzene rings is 1. The molecule has 1 aliphatic heterocycles. The van der Waals surface area contributed by atoms with Crippen LogP contribution in [0, 0.1) is 11.2 Å². The third kappa shape index (κ3) is 2.24. The lowest BCUT2D eigenvalue weighted by atomic mass is 9.86. The molecule has 4 nitrogen and oxygen atoms in total. The summed E-state index contributed by atoms with van der Waals surface area (Å²) in [7, 11) is -3.04. The number of sulfone groups is 1. The zero-order valence-electron chi connectivity index (χ0n) is 12.8. The first-order valence-electron chi connectivity index (χ1n) is 7.44. The summed E-state index contributed by atoms with van der Waals surface area (Å²) < 4.78 is 37.3. The molecule has 0 bridgehead atoms. The minimum absolute atomic E-state index is 0.00742. The molecule has 22 heavy (non-hydrogen) atoms. The van der Waals surface area contributed by atoms with Crippen molar-refractivity contribution in [1.29, 1.82) is 0 Å². The van der Waals surface area contributed by atoms with Gasteiger partial charge >= 0.3 is 0 Å². The van der Waals surface area contributed by atoms with Crippen LogP contribution in [0.25, 0.3) is 0 Å². The molecule has 1 amide bonds. The highest BCUT2D eigenvalue weighted by Gasteiger charge is 2.68. The van der Waals surface area contributed by atoms with E-state index in [1.807, 2.05) is 13.8 Å². The largest absolute Gasteiger partial charge is 0.340 e. The lowest BCUT2D eigenvalue weighted by Gasteiger charge is -2.32. The van der Waals surface area contributed by atoms with Gasteiger partial charge in [0.2, 0.25) is 5.91 Å². The molecule has 120 valence electrons. The molecule has 1 aromatic carbocycles. The van der Waals surface area contributed by atoms with Crippen LogP contribution in [0.5, 0.6) is 0 Å². The minimum atomic E-state index is -3.04. The summed E-state index contributed by atoms with van der Waals surface area (Å²) in [6, 6.07) is 6.39. The molecule has 2 fully saturated rings. The van der Waals surface area contributed by atoms with E-state index < -0.39 is 15.3 Å². The molecule has 0 radical (unpaired) electrons. The van der Waals surface area contributed by atoms with E-state index in [4.69, 9.17) is 0 Å². The molecule has 2 aliphatic rings. The average Bonchev–Trinajstić information content (AvgIpc) is 3.02. The molecule has 6 heteroatoms. The van der Waals surface area contributed by atoms with Gasteiger partial charge in [0, 0.05) is 18.7 Å². The standard InChI is InChI=1S/C16H20FNO3S/c1-15(2)11-16(15,12-5-3-4-6-13(12)17)14(19)18-7-9-22(20,21)10-8-18/h3-6H,7-11H2,1-2H3. The van der Waals surface area contributed by atoms with E-state index in [9.17, 15) is 17.6 Å². The summed E-state index contributed by atoms with van der Waals surface area (Å²) in [6.45, 7) is 4.32. The minimum Gasteiger partial charge on any atom is -0.340 e. The second kappa shape index (κ2) is 4.78. The number of hydrogen-bond acceptors (Lipinski definition) is 3. The van der Waals surface area contributed by atoms with E-state index in [-0.39, 0.29) is 41.7 Å². The summed E-state index contributed by atoms with van der Waals surface area (Å²) in [5.74, 6) is -0.525. The van der Waals surface area contributed by atoms with Crippen molar-refractivity contribution < 1.29 is 17.6 Å². The van der Waals surface area contributed by atoms with Gasteiger partial charge in [0.05, 0.1) is 16.9 Å². The number of halogens is 1. The highest BCUT2D eigenvalue weighted by molar-refractivity contribution is 7.91. The Morgan fingerprint density at radius 2 is 1.73 bits per heavy atom. The monoisotopic (exact) mass is 325 g/mol. The van der Waals surface area contributed by atoms with E-state index >= 15 is 0 Å². The maximum absolute atomic E-state index is 14.3. The van der Waals surface area contributed by atoms with Crippen LogP contribution in [0.15, 0.2) is 24.3 Å². The first-order chi connectivity index (χ1) is 10.2. The van der Waals surface area contributed by atoms with E-state index in [2.05, 4.69) is 0 Å². The molecule has 1 aromatic rings. The van der Waals surface area contributed by atoms with Crippen molar-refractivity contribution in [3.63, 3.8) is 0 Å². The molecule has 1 saturated carbocycles. The van der Waals surface area contributed by atoms with Gasteiger partial charge in [-0.15, -0.1) is 0 Å². The number of carbonyl (C=O) groups excluding carboxylic acids is 1. The Morgan fingerprint density at radius 3 is 2.23 bits per heavy atom. The normalized spacial score (nSPS) is 29.1. The van der Waals surface area contributed by atoms with Crippen molar-refractivity contribution in [3.05, 3.63) is 35.6 Å². The van der Waals surface area contributed by atoms with Gasteiger partial charge < -0.3 is 4.90 Å². The van der Waals surface area contributed by atoms with Crippen molar-refractivity contribution in [3.8, 4) is 0 Å². The quantitative estimate of drug-likeness (QED) is 0.832. The first kappa shape index (κ1) is 15.5. The van der Waals surface area contributed by atoms with Crippen LogP contribution in [0.2, 0.25) is 0 Å². The Kier molecular flexibility index (Phi) is 3.36. The predicted octanol–water partition coefficient (Wildman–Crippen LogP) is 1.75. The molecule has 1 atom stereocenters. The SMILES string of the molecule is CC1(C)CC1(C(=O)N1CCS(=O)(=O)CC1)c1ccccc1F. The summed E-state index contributed by atoms with van der Waals surface area (Å²) >= 11 is 0. The maximum atomic E-state index is 14.3. The number of nitrogens with zero attached hydrogens (tertiary/aromatic N) is 1. The van der Waals surface area contributed by atoms with Crippen LogP contribution >= 0.6 is 0 Å². The van der Waals surface area contributed by atoms with Crippen molar-refractivity contribution in [2.75, 3.05) is 24.6 Å². The Labute approximate surface area is 130 Å². The summed E-state index contributed by atoms with van der Waals surface area (Å²) in [4.78, 5) is 14.6. The number of carbonyl (C=O) groups is 1. The van der Waals surface area contributed by atoms with E-state index in [0.717, 1.165) is 0 Å². The smallest absolute Gasteiger partial charge is 0.233 e. The second-order valence-corrected chi connectivity index (χ2v) is 9.19. The molecule has 0 spiro atoms. The van der Waals surface area contributed by atoms with Crippen LogP contribution in [0.3, 0.4) is 0 Å². The van der Waals surface area contributed by atoms with Gasteiger partial charge in [0.25, 0.3) is 0 Å². The maximum Gasteiger partial charge on any atom is 0.233 e. The van der Waals surface area contributed by atoms with Crippen LogP contribution < -0.4 is 0 Å². The summed E-state index contributed by atoms with van der Waals surface area (Å²) in [6.07, 6.45) is 0.586.